The van der Waals surface area contributed by atoms with Gasteiger partial charge in [-0.05, 0) is 18.6 Å². The maximum absolute atomic E-state index is 10.8. The Morgan fingerprint density at radius 3 is 2.43 bits per heavy atom. The highest BCUT2D eigenvalue weighted by molar-refractivity contribution is 6.31. The molecule has 1 unspecified atom stereocenters. The molecular formula is C15H19ClN2O3. The summed E-state index contributed by atoms with van der Waals surface area (Å²) in [7, 11) is 3.10. The molecule has 0 aliphatic carbocycles. The Balaban J connectivity index is 2.54. The Labute approximate surface area is 129 Å². The Bertz CT molecular complexity index is 591. The summed E-state index contributed by atoms with van der Waals surface area (Å²) in [6.45, 7) is 2.71. The Hall–Kier alpha value is -1.72. The smallest absolute Gasteiger partial charge is 0.129 e. The second-order valence-electron chi connectivity index (χ2n) is 4.58. The lowest BCUT2D eigenvalue weighted by atomic mass is 10.0. The largest absolute Gasteiger partial charge is 0.496 e. The van der Waals surface area contributed by atoms with Crippen molar-refractivity contribution in [1.29, 1.82) is 0 Å². The standard InChI is InChI=1S/C15H19ClN2O3/c1-4-8-18-14(10(16)9-17-18)15(19)13-11(20-2)6-5-7-12(13)21-3/h5-7,9,15,19H,4,8H2,1-3H3. The van der Waals surface area contributed by atoms with E-state index in [1.807, 2.05) is 6.92 Å². The van der Waals surface area contributed by atoms with Crippen LogP contribution in [0.25, 0.3) is 0 Å². The van der Waals surface area contributed by atoms with Crippen molar-refractivity contribution in [2.24, 2.45) is 0 Å². The molecule has 1 aromatic carbocycles. The van der Waals surface area contributed by atoms with Gasteiger partial charge < -0.3 is 14.6 Å². The zero-order chi connectivity index (χ0) is 15.4. The van der Waals surface area contributed by atoms with Crippen LogP contribution in [0.2, 0.25) is 5.02 Å². The number of hydrogen-bond acceptors (Lipinski definition) is 4. The first-order valence-electron chi connectivity index (χ1n) is 6.74. The summed E-state index contributed by atoms with van der Waals surface area (Å²) in [5, 5.41) is 15.4. The van der Waals surface area contributed by atoms with E-state index in [9.17, 15) is 5.11 Å². The van der Waals surface area contributed by atoms with Gasteiger partial charge in [0.25, 0.3) is 0 Å². The van der Waals surface area contributed by atoms with E-state index in [0.717, 1.165) is 6.42 Å². The molecule has 6 heteroatoms. The van der Waals surface area contributed by atoms with Crippen LogP contribution in [0.1, 0.15) is 30.7 Å². The van der Waals surface area contributed by atoms with E-state index in [0.29, 0.717) is 34.3 Å². The molecule has 0 saturated carbocycles. The monoisotopic (exact) mass is 310 g/mol. The van der Waals surface area contributed by atoms with Crippen LogP contribution in [0.4, 0.5) is 0 Å². The minimum Gasteiger partial charge on any atom is -0.496 e. The van der Waals surface area contributed by atoms with Crippen molar-refractivity contribution in [2.75, 3.05) is 14.2 Å². The lowest BCUT2D eigenvalue weighted by molar-refractivity contribution is 0.197. The molecule has 114 valence electrons. The number of nitrogens with zero attached hydrogens (tertiary/aromatic N) is 2. The average molecular weight is 311 g/mol. The molecule has 1 N–H and O–H groups in total. The van der Waals surface area contributed by atoms with Gasteiger partial charge in [-0.15, -0.1) is 0 Å². The van der Waals surface area contributed by atoms with Crippen LogP contribution in [-0.4, -0.2) is 29.1 Å². The summed E-state index contributed by atoms with van der Waals surface area (Å²) in [5.74, 6) is 1.09. The SMILES string of the molecule is CCCn1ncc(Cl)c1C(O)c1c(OC)cccc1OC. The maximum Gasteiger partial charge on any atom is 0.129 e. The Morgan fingerprint density at radius 2 is 1.90 bits per heavy atom. The third kappa shape index (κ3) is 2.99. The van der Waals surface area contributed by atoms with Crippen LogP contribution in [-0.2, 0) is 6.54 Å². The van der Waals surface area contributed by atoms with Gasteiger partial charge in [0.2, 0.25) is 0 Å². The number of aliphatic hydroxyl groups excluding tert-OH is 1. The molecule has 21 heavy (non-hydrogen) atoms. The molecular weight excluding hydrogens is 292 g/mol. The van der Waals surface area contributed by atoms with Gasteiger partial charge in [-0.3, -0.25) is 4.68 Å². The molecule has 2 rings (SSSR count). The van der Waals surface area contributed by atoms with Crippen molar-refractivity contribution in [3.8, 4) is 11.5 Å². The van der Waals surface area contributed by atoms with Crippen LogP contribution in [0.15, 0.2) is 24.4 Å². The van der Waals surface area contributed by atoms with Crippen molar-refractivity contribution in [3.05, 3.63) is 40.7 Å². The summed E-state index contributed by atoms with van der Waals surface area (Å²) in [5.41, 5.74) is 1.09. The molecule has 0 saturated heterocycles. The summed E-state index contributed by atoms with van der Waals surface area (Å²) < 4.78 is 12.4. The first kappa shape index (κ1) is 15.7. The van der Waals surface area contributed by atoms with E-state index in [1.54, 1.807) is 37.1 Å². The van der Waals surface area contributed by atoms with E-state index < -0.39 is 6.10 Å². The first-order valence-corrected chi connectivity index (χ1v) is 7.12. The van der Waals surface area contributed by atoms with Gasteiger partial charge in [0.1, 0.15) is 17.6 Å². The van der Waals surface area contributed by atoms with Crippen molar-refractivity contribution < 1.29 is 14.6 Å². The number of aromatic nitrogens is 2. The van der Waals surface area contributed by atoms with Gasteiger partial charge in [-0.25, -0.2) is 0 Å². The summed E-state index contributed by atoms with van der Waals surface area (Å²) in [4.78, 5) is 0. The van der Waals surface area contributed by atoms with Crippen molar-refractivity contribution >= 4 is 11.6 Å². The number of rotatable bonds is 6. The average Bonchev–Trinajstić information content (AvgIpc) is 2.86. The third-order valence-electron chi connectivity index (χ3n) is 3.27. The minimum absolute atomic E-state index is 0.420. The number of aliphatic hydroxyl groups is 1. The number of aryl methyl sites for hydroxylation is 1. The lowest BCUT2D eigenvalue weighted by Crippen LogP contribution is -2.12. The minimum atomic E-state index is -0.974. The Morgan fingerprint density at radius 1 is 1.29 bits per heavy atom. The number of methoxy groups -OCH3 is 2. The molecule has 0 spiro atoms. The summed E-state index contributed by atoms with van der Waals surface area (Å²) >= 11 is 6.19. The van der Waals surface area contributed by atoms with E-state index in [1.165, 1.54) is 6.20 Å². The molecule has 0 radical (unpaired) electrons. The van der Waals surface area contributed by atoms with Crippen molar-refractivity contribution in [3.63, 3.8) is 0 Å². The first-order chi connectivity index (χ1) is 10.1. The molecule has 5 nitrogen and oxygen atoms in total. The van der Waals surface area contributed by atoms with Crippen molar-refractivity contribution in [1.82, 2.24) is 9.78 Å². The number of halogens is 1. The molecule has 0 fully saturated rings. The quantitative estimate of drug-likeness (QED) is 0.891. The normalized spacial score (nSPS) is 12.2. The fraction of sp³-hybridized carbons (Fsp3) is 0.400. The number of hydrogen-bond donors (Lipinski definition) is 1. The zero-order valence-electron chi connectivity index (χ0n) is 12.3. The molecule has 1 atom stereocenters. The highest BCUT2D eigenvalue weighted by atomic mass is 35.5. The van der Waals surface area contributed by atoms with Crippen LogP contribution in [0.3, 0.4) is 0 Å². The second kappa shape index (κ2) is 6.83. The van der Waals surface area contributed by atoms with Gasteiger partial charge in [-0.1, -0.05) is 24.6 Å². The van der Waals surface area contributed by atoms with Gasteiger partial charge in [0.15, 0.2) is 0 Å². The summed E-state index contributed by atoms with van der Waals surface area (Å²) in [6.07, 6.45) is 1.45. The fourth-order valence-corrected chi connectivity index (χ4v) is 2.56. The molecule has 0 aliphatic heterocycles. The molecule has 1 aromatic heterocycles. The predicted octanol–water partition coefficient (Wildman–Crippen LogP) is 3.05. The topological polar surface area (TPSA) is 56.5 Å². The predicted molar refractivity (Wildman–Crippen MR) is 81.1 cm³/mol. The van der Waals surface area contributed by atoms with Gasteiger partial charge >= 0.3 is 0 Å². The Kier molecular flexibility index (Phi) is 5.09. The highest BCUT2D eigenvalue weighted by Crippen LogP contribution is 2.39. The molecule has 0 bridgehead atoms. The number of benzene rings is 1. The maximum atomic E-state index is 10.8. The van der Waals surface area contributed by atoms with E-state index in [4.69, 9.17) is 21.1 Å². The molecule has 0 amide bonds. The molecule has 2 aromatic rings. The fourth-order valence-electron chi connectivity index (χ4n) is 2.32. The van der Waals surface area contributed by atoms with Crippen LogP contribution in [0, 0.1) is 0 Å². The van der Waals surface area contributed by atoms with Crippen LogP contribution in [0.5, 0.6) is 11.5 Å². The van der Waals surface area contributed by atoms with Crippen LogP contribution >= 0.6 is 11.6 Å². The third-order valence-corrected chi connectivity index (χ3v) is 3.56. The lowest BCUT2D eigenvalue weighted by Gasteiger charge is -2.19. The van der Waals surface area contributed by atoms with E-state index in [-0.39, 0.29) is 0 Å². The number of ether oxygens (including phenoxy) is 2. The van der Waals surface area contributed by atoms with Crippen LogP contribution < -0.4 is 9.47 Å². The summed E-state index contributed by atoms with van der Waals surface area (Å²) in [6, 6.07) is 5.35. The van der Waals surface area contributed by atoms with E-state index >= 15 is 0 Å². The second-order valence-corrected chi connectivity index (χ2v) is 4.99. The van der Waals surface area contributed by atoms with Gasteiger partial charge in [-0.2, -0.15) is 5.10 Å². The van der Waals surface area contributed by atoms with E-state index in [2.05, 4.69) is 5.10 Å². The zero-order valence-corrected chi connectivity index (χ0v) is 13.1. The van der Waals surface area contributed by atoms with Gasteiger partial charge in [0.05, 0.1) is 36.7 Å². The molecule has 0 aliphatic rings. The van der Waals surface area contributed by atoms with Gasteiger partial charge in [0, 0.05) is 6.54 Å². The highest BCUT2D eigenvalue weighted by Gasteiger charge is 2.26. The van der Waals surface area contributed by atoms with Crippen molar-refractivity contribution in [2.45, 2.75) is 26.0 Å². The molecule has 1 heterocycles.